The first kappa shape index (κ1) is 18.4. The SMILES string of the molecule is O=C1C(Nc2ccc3c(c2)OCCO3)=C(c2cccs2)C(=O)N1Cc1ccncc1. The summed E-state index contributed by atoms with van der Waals surface area (Å²) in [5.74, 6) is 0.580. The molecule has 0 saturated carbocycles. The van der Waals surface area contributed by atoms with Gasteiger partial charge < -0.3 is 14.8 Å². The molecule has 1 aromatic carbocycles. The lowest BCUT2D eigenvalue weighted by atomic mass is 10.1. The zero-order valence-electron chi connectivity index (χ0n) is 15.8. The standard InChI is InChI=1S/C22H17N3O4S/c26-21-19(18-2-1-11-30-18)20(22(27)25(21)13-14-5-7-23-8-6-14)24-15-3-4-16-17(12-15)29-10-9-28-16/h1-8,11-12,24H,9-10,13H2. The summed E-state index contributed by atoms with van der Waals surface area (Å²) in [5, 5.41) is 5.03. The lowest BCUT2D eigenvalue weighted by Crippen LogP contribution is -2.31. The van der Waals surface area contributed by atoms with E-state index in [9.17, 15) is 9.59 Å². The van der Waals surface area contributed by atoms with Crippen LogP contribution in [-0.4, -0.2) is 34.9 Å². The highest BCUT2D eigenvalue weighted by molar-refractivity contribution is 7.11. The minimum atomic E-state index is -0.366. The van der Waals surface area contributed by atoms with E-state index in [4.69, 9.17) is 9.47 Å². The van der Waals surface area contributed by atoms with E-state index in [1.807, 2.05) is 17.5 Å². The number of benzene rings is 1. The molecule has 3 aromatic rings. The fourth-order valence-corrected chi connectivity index (χ4v) is 4.19. The predicted molar refractivity (Wildman–Crippen MR) is 112 cm³/mol. The Morgan fingerprint density at radius 2 is 1.80 bits per heavy atom. The number of rotatable bonds is 5. The normalized spacial score (nSPS) is 15.7. The van der Waals surface area contributed by atoms with Crippen LogP contribution in [0.4, 0.5) is 5.69 Å². The summed E-state index contributed by atoms with van der Waals surface area (Å²) in [4.78, 5) is 32.4. The molecule has 2 aliphatic heterocycles. The third kappa shape index (κ3) is 3.31. The van der Waals surface area contributed by atoms with Crippen LogP contribution in [0.1, 0.15) is 10.4 Å². The Morgan fingerprint density at radius 3 is 2.57 bits per heavy atom. The van der Waals surface area contributed by atoms with E-state index in [2.05, 4.69) is 10.3 Å². The number of hydrogen-bond acceptors (Lipinski definition) is 7. The first-order valence-corrected chi connectivity index (χ1v) is 10.3. The van der Waals surface area contributed by atoms with E-state index in [1.165, 1.54) is 16.2 Å². The monoisotopic (exact) mass is 419 g/mol. The van der Waals surface area contributed by atoms with Crippen LogP contribution in [0.15, 0.2) is 65.9 Å². The van der Waals surface area contributed by atoms with E-state index >= 15 is 0 Å². The van der Waals surface area contributed by atoms with Crippen molar-refractivity contribution in [2.45, 2.75) is 6.54 Å². The van der Waals surface area contributed by atoms with Crippen LogP contribution < -0.4 is 14.8 Å². The second kappa shape index (κ2) is 7.64. The highest BCUT2D eigenvalue weighted by Gasteiger charge is 2.39. The number of aromatic nitrogens is 1. The van der Waals surface area contributed by atoms with Gasteiger partial charge in [0.05, 0.1) is 12.1 Å². The average Bonchev–Trinajstić information content (AvgIpc) is 3.38. The zero-order valence-corrected chi connectivity index (χ0v) is 16.6. The summed E-state index contributed by atoms with van der Waals surface area (Å²) in [7, 11) is 0. The first-order chi connectivity index (χ1) is 14.7. The van der Waals surface area contributed by atoms with Gasteiger partial charge in [0.25, 0.3) is 11.8 Å². The predicted octanol–water partition coefficient (Wildman–Crippen LogP) is 3.31. The molecule has 150 valence electrons. The Morgan fingerprint density at radius 1 is 1.00 bits per heavy atom. The van der Waals surface area contributed by atoms with Crippen molar-refractivity contribution in [1.82, 2.24) is 9.88 Å². The van der Waals surface area contributed by atoms with Crippen LogP contribution in [-0.2, 0) is 16.1 Å². The van der Waals surface area contributed by atoms with Gasteiger partial charge in [-0.3, -0.25) is 19.5 Å². The summed E-state index contributed by atoms with van der Waals surface area (Å²) in [6.45, 7) is 1.16. The molecule has 0 fully saturated rings. The molecule has 2 aliphatic rings. The van der Waals surface area contributed by atoms with E-state index in [1.54, 1.807) is 42.7 Å². The van der Waals surface area contributed by atoms with Crippen LogP contribution in [0.5, 0.6) is 11.5 Å². The second-order valence-electron chi connectivity index (χ2n) is 6.76. The molecule has 0 saturated heterocycles. The molecule has 0 unspecified atom stereocenters. The van der Waals surface area contributed by atoms with E-state index < -0.39 is 0 Å². The second-order valence-corrected chi connectivity index (χ2v) is 7.71. The van der Waals surface area contributed by atoms with Gasteiger partial charge in [-0.2, -0.15) is 0 Å². The number of carbonyl (C=O) groups excluding carboxylic acids is 2. The Labute approximate surface area is 176 Å². The molecule has 2 aromatic heterocycles. The van der Waals surface area contributed by atoms with Gasteiger partial charge in [-0.25, -0.2) is 0 Å². The fraction of sp³-hybridized carbons (Fsp3) is 0.136. The maximum atomic E-state index is 13.2. The van der Waals surface area contributed by atoms with Crippen molar-refractivity contribution in [2.75, 3.05) is 18.5 Å². The molecule has 0 bridgehead atoms. The van der Waals surface area contributed by atoms with Crippen molar-refractivity contribution in [3.8, 4) is 11.5 Å². The number of fused-ring (bicyclic) bond motifs is 1. The summed E-state index contributed by atoms with van der Waals surface area (Å²) in [6.07, 6.45) is 3.28. The molecular formula is C22H17N3O4S. The highest BCUT2D eigenvalue weighted by atomic mass is 32.1. The minimum Gasteiger partial charge on any atom is -0.486 e. The number of anilines is 1. The molecule has 4 heterocycles. The number of amides is 2. The summed E-state index contributed by atoms with van der Waals surface area (Å²) >= 11 is 1.42. The number of hydrogen-bond donors (Lipinski definition) is 1. The molecule has 30 heavy (non-hydrogen) atoms. The van der Waals surface area contributed by atoms with Gasteiger partial charge in [0.2, 0.25) is 0 Å². The van der Waals surface area contributed by atoms with Crippen molar-refractivity contribution in [1.29, 1.82) is 0 Å². The molecule has 5 rings (SSSR count). The number of ether oxygens (including phenoxy) is 2. The number of imide groups is 1. The van der Waals surface area contributed by atoms with Crippen LogP contribution in [0.25, 0.3) is 5.57 Å². The number of carbonyl (C=O) groups is 2. The summed E-state index contributed by atoms with van der Waals surface area (Å²) < 4.78 is 11.2. The molecule has 0 spiro atoms. The number of thiophene rings is 1. The highest BCUT2D eigenvalue weighted by Crippen LogP contribution is 2.36. The van der Waals surface area contributed by atoms with Gasteiger partial charge in [-0.15, -0.1) is 11.3 Å². The van der Waals surface area contributed by atoms with Crippen LogP contribution in [0.2, 0.25) is 0 Å². The van der Waals surface area contributed by atoms with Gasteiger partial charge in [0.1, 0.15) is 18.9 Å². The third-order valence-electron chi connectivity index (χ3n) is 4.84. The van der Waals surface area contributed by atoms with Crippen LogP contribution >= 0.6 is 11.3 Å². The quantitative estimate of drug-likeness (QED) is 0.639. The summed E-state index contributed by atoms with van der Waals surface area (Å²) in [5.41, 5.74) is 2.11. The molecule has 2 amide bonds. The van der Waals surface area contributed by atoms with Gasteiger partial charge in [0.15, 0.2) is 11.5 Å². The van der Waals surface area contributed by atoms with Gasteiger partial charge in [-0.1, -0.05) is 6.07 Å². The van der Waals surface area contributed by atoms with Crippen molar-refractivity contribution >= 4 is 34.4 Å². The molecule has 0 aliphatic carbocycles. The lowest BCUT2D eigenvalue weighted by Gasteiger charge is -2.19. The van der Waals surface area contributed by atoms with Gasteiger partial charge in [-0.05, 0) is 41.3 Å². The van der Waals surface area contributed by atoms with Crippen molar-refractivity contribution in [2.24, 2.45) is 0 Å². The van der Waals surface area contributed by atoms with Crippen molar-refractivity contribution < 1.29 is 19.1 Å². The smallest absolute Gasteiger partial charge is 0.278 e. The minimum absolute atomic E-state index is 0.182. The average molecular weight is 419 g/mol. The van der Waals surface area contributed by atoms with Crippen molar-refractivity contribution in [3.05, 3.63) is 76.4 Å². The van der Waals surface area contributed by atoms with E-state index in [-0.39, 0.29) is 24.1 Å². The first-order valence-electron chi connectivity index (χ1n) is 9.40. The Bertz CT molecular complexity index is 1140. The van der Waals surface area contributed by atoms with Gasteiger partial charge in [0, 0.05) is 29.0 Å². The molecule has 1 N–H and O–H groups in total. The lowest BCUT2D eigenvalue weighted by molar-refractivity contribution is -0.137. The number of nitrogens with one attached hydrogen (secondary N) is 1. The maximum Gasteiger partial charge on any atom is 0.278 e. The molecule has 0 radical (unpaired) electrons. The largest absolute Gasteiger partial charge is 0.486 e. The van der Waals surface area contributed by atoms with E-state index in [0.29, 0.717) is 36.0 Å². The Hall–Kier alpha value is -3.65. The molecule has 0 atom stereocenters. The molecule has 8 heteroatoms. The third-order valence-corrected chi connectivity index (χ3v) is 5.72. The van der Waals surface area contributed by atoms with Crippen molar-refractivity contribution in [3.63, 3.8) is 0 Å². The van der Waals surface area contributed by atoms with E-state index in [0.717, 1.165) is 10.4 Å². The van der Waals surface area contributed by atoms with Crippen LogP contribution in [0, 0.1) is 0 Å². The molecular weight excluding hydrogens is 402 g/mol. The zero-order chi connectivity index (χ0) is 20.5. The van der Waals surface area contributed by atoms with Crippen LogP contribution in [0.3, 0.4) is 0 Å². The Kier molecular flexibility index (Phi) is 4.68. The number of nitrogens with zero attached hydrogens (tertiary/aromatic N) is 2. The maximum absolute atomic E-state index is 13.2. The fourth-order valence-electron chi connectivity index (χ4n) is 3.42. The topological polar surface area (TPSA) is 80.8 Å². The molecule has 7 nitrogen and oxygen atoms in total. The Balaban J connectivity index is 1.50. The number of pyridine rings is 1. The summed E-state index contributed by atoms with van der Waals surface area (Å²) in [6, 6.07) is 12.6. The van der Waals surface area contributed by atoms with Gasteiger partial charge >= 0.3 is 0 Å².